The van der Waals surface area contributed by atoms with Crippen molar-refractivity contribution in [2.45, 2.75) is 30.7 Å². The molecule has 1 aromatic carbocycles. The van der Waals surface area contributed by atoms with Gasteiger partial charge in [0.05, 0.1) is 0 Å². The fraction of sp³-hybridized carbons (Fsp3) is 0.571. The van der Waals surface area contributed by atoms with E-state index in [1.54, 1.807) is 17.0 Å². The number of nitrogens with two attached hydrogens (primary N) is 1. The van der Waals surface area contributed by atoms with Gasteiger partial charge in [0, 0.05) is 25.7 Å². The average molecular weight is 306 g/mol. The molecule has 0 spiro atoms. The van der Waals surface area contributed by atoms with Crippen molar-refractivity contribution >= 4 is 0 Å². The van der Waals surface area contributed by atoms with Gasteiger partial charge in [0.25, 0.3) is 0 Å². The van der Waals surface area contributed by atoms with Gasteiger partial charge in [-0.15, -0.1) is 0 Å². The maximum absolute atomic E-state index is 12.8. The fourth-order valence-electron chi connectivity index (χ4n) is 2.62. The van der Waals surface area contributed by atoms with Crippen LogP contribution in [0.3, 0.4) is 0 Å². The predicted molar refractivity (Wildman–Crippen MR) is 70.1 cm³/mol. The van der Waals surface area contributed by atoms with Gasteiger partial charge in [-0.3, -0.25) is 4.90 Å². The Hall–Kier alpha value is -1.18. The molecule has 0 aromatic heterocycles. The number of likely N-dealkylation sites (tertiary alicyclic amines) is 1. The Morgan fingerprint density at radius 3 is 2.38 bits per heavy atom. The molecule has 118 valence electrons. The van der Waals surface area contributed by atoms with Crippen molar-refractivity contribution in [1.82, 2.24) is 4.90 Å². The van der Waals surface area contributed by atoms with E-state index in [9.17, 15) is 22.7 Å². The van der Waals surface area contributed by atoms with Crippen LogP contribution >= 0.6 is 0 Å². The third-order valence-corrected chi connectivity index (χ3v) is 3.98. The van der Waals surface area contributed by atoms with Gasteiger partial charge in [0.1, 0.15) is 5.82 Å². The van der Waals surface area contributed by atoms with Crippen molar-refractivity contribution in [3.63, 3.8) is 0 Å². The molecule has 1 fully saturated rings. The lowest BCUT2D eigenvalue weighted by Gasteiger charge is -2.30. The minimum atomic E-state index is -4.64. The molecule has 0 amide bonds. The lowest BCUT2D eigenvalue weighted by Crippen LogP contribution is -2.50. The number of aliphatic hydroxyl groups is 1. The molecule has 21 heavy (non-hydrogen) atoms. The maximum atomic E-state index is 12.8. The highest BCUT2D eigenvalue weighted by atomic mass is 19.4. The third-order valence-electron chi connectivity index (χ3n) is 3.98. The summed E-state index contributed by atoms with van der Waals surface area (Å²) in [6, 6.07) is 5.47. The summed E-state index contributed by atoms with van der Waals surface area (Å²) in [5, 5.41) is 9.69. The zero-order chi connectivity index (χ0) is 15.7. The van der Waals surface area contributed by atoms with E-state index in [1.807, 2.05) is 0 Å². The zero-order valence-corrected chi connectivity index (χ0v) is 11.4. The first-order valence-electron chi connectivity index (χ1n) is 6.73. The van der Waals surface area contributed by atoms with Gasteiger partial charge >= 0.3 is 6.18 Å². The molecule has 1 heterocycles. The normalized spacial score (nSPS) is 25.2. The highest BCUT2D eigenvalue weighted by Crippen LogP contribution is 2.38. The Morgan fingerprint density at radius 2 is 1.90 bits per heavy atom. The summed E-state index contributed by atoms with van der Waals surface area (Å²) in [5.74, 6) is -0.365. The number of hydrogen-bond acceptors (Lipinski definition) is 3. The number of hydrogen-bond donors (Lipinski definition) is 2. The van der Waals surface area contributed by atoms with E-state index in [2.05, 4.69) is 0 Å². The first-order valence-corrected chi connectivity index (χ1v) is 6.73. The minimum Gasteiger partial charge on any atom is -0.379 e. The quantitative estimate of drug-likeness (QED) is 0.833. The van der Waals surface area contributed by atoms with Crippen molar-refractivity contribution in [3.05, 3.63) is 35.6 Å². The van der Waals surface area contributed by atoms with Crippen LogP contribution < -0.4 is 5.73 Å². The van der Waals surface area contributed by atoms with E-state index in [1.165, 1.54) is 12.1 Å². The number of β-amino-alcohol motifs (C(OH)–C–C–N with tert-alkyl or cyclic N) is 1. The van der Waals surface area contributed by atoms with E-state index in [4.69, 9.17) is 5.73 Å². The van der Waals surface area contributed by atoms with Crippen molar-refractivity contribution in [2.24, 2.45) is 5.73 Å². The number of rotatable bonds is 4. The Morgan fingerprint density at radius 1 is 1.29 bits per heavy atom. The second-order valence-electron chi connectivity index (χ2n) is 5.47. The van der Waals surface area contributed by atoms with Crippen molar-refractivity contribution in [1.29, 1.82) is 0 Å². The van der Waals surface area contributed by atoms with E-state index < -0.39 is 18.3 Å². The van der Waals surface area contributed by atoms with Crippen molar-refractivity contribution in [2.75, 3.05) is 19.6 Å². The van der Waals surface area contributed by atoms with Gasteiger partial charge in [-0.1, -0.05) is 12.1 Å². The van der Waals surface area contributed by atoms with Gasteiger partial charge in [0.2, 0.25) is 0 Å². The van der Waals surface area contributed by atoms with Crippen LogP contribution in [0.1, 0.15) is 12.0 Å². The predicted octanol–water partition coefficient (Wildman–Crippen LogP) is 1.69. The summed E-state index contributed by atoms with van der Waals surface area (Å²) < 4.78 is 51.3. The Kier molecular flexibility index (Phi) is 4.55. The largest absolute Gasteiger partial charge is 0.418 e. The summed E-state index contributed by atoms with van der Waals surface area (Å²) in [6.07, 6.45) is -4.57. The molecule has 1 aromatic rings. The second kappa shape index (κ2) is 5.90. The molecule has 0 bridgehead atoms. The monoisotopic (exact) mass is 306 g/mol. The average Bonchev–Trinajstić information content (AvgIpc) is 2.81. The van der Waals surface area contributed by atoms with Gasteiger partial charge in [0.15, 0.2) is 5.60 Å². The van der Waals surface area contributed by atoms with Crippen molar-refractivity contribution in [3.8, 4) is 0 Å². The summed E-state index contributed by atoms with van der Waals surface area (Å²) in [6.45, 7) is -0.163. The number of benzene rings is 1. The molecule has 0 aliphatic carbocycles. The lowest BCUT2D eigenvalue weighted by atomic mass is 10.0. The molecule has 1 aliphatic heterocycles. The fourth-order valence-corrected chi connectivity index (χ4v) is 2.62. The molecule has 7 heteroatoms. The summed E-state index contributed by atoms with van der Waals surface area (Å²) in [7, 11) is 0. The van der Waals surface area contributed by atoms with Gasteiger partial charge in [-0.05, 0) is 30.5 Å². The number of halogens is 4. The summed E-state index contributed by atoms with van der Waals surface area (Å²) in [5.41, 5.74) is 3.79. The summed E-state index contributed by atoms with van der Waals surface area (Å²) in [4.78, 5) is 1.55. The first-order chi connectivity index (χ1) is 9.75. The lowest BCUT2D eigenvalue weighted by molar-refractivity contribution is -0.254. The molecule has 3 nitrogen and oxygen atoms in total. The molecule has 2 rings (SSSR count). The molecule has 0 radical (unpaired) electrons. The van der Waals surface area contributed by atoms with Crippen LogP contribution in [0.25, 0.3) is 0 Å². The van der Waals surface area contributed by atoms with Gasteiger partial charge in [-0.2, -0.15) is 13.2 Å². The molecular weight excluding hydrogens is 288 g/mol. The highest BCUT2D eigenvalue weighted by Gasteiger charge is 2.57. The van der Waals surface area contributed by atoms with Gasteiger partial charge in [-0.25, -0.2) is 4.39 Å². The topological polar surface area (TPSA) is 49.5 Å². The van der Waals surface area contributed by atoms with Crippen LogP contribution in [-0.2, 0) is 6.42 Å². The highest BCUT2D eigenvalue weighted by molar-refractivity contribution is 5.17. The van der Waals surface area contributed by atoms with E-state index in [-0.39, 0.29) is 31.4 Å². The van der Waals surface area contributed by atoms with Crippen LogP contribution in [-0.4, -0.2) is 47.5 Å². The number of alkyl halides is 3. The molecule has 1 aliphatic rings. The minimum absolute atomic E-state index is 0.138. The smallest absolute Gasteiger partial charge is 0.379 e. The first kappa shape index (κ1) is 16.2. The number of nitrogens with zero attached hydrogens (tertiary/aromatic N) is 1. The third kappa shape index (κ3) is 3.53. The molecule has 0 saturated carbocycles. The van der Waals surface area contributed by atoms with Crippen LogP contribution in [0.4, 0.5) is 17.6 Å². The molecule has 0 unspecified atom stereocenters. The van der Waals surface area contributed by atoms with E-state index in [0.717, 1.165) is 5.56 Å². The molecule has 2 atom stereocenters. The Labute approximate surface area is 120 Å². The zero-order valence-electron chi connectivity index (χ0n) is 11.4. The van der Waals surface area contributed by atoms with Crippen LogP contribution in [0.5, 0.6) is 0 Å². The second-order valence-corrected chi connectivity index (χ2v) is 5.47. The Bertz CT molecular complexity index is 477. The van der Waals surface area contributed by atoms with Crippen LogP contribution in [0, 0.1) is 5.82 Å². The van der Waals surface area contributed by atoms with E-state index in [0.29, 0.717) is 6.42 Å². The van der Waals surface area contributed by atoms with E-state index >= 15 is 0 Å². The van der Waals surface area contributed by atoms with Crippen LogP contribution in [0.15, 0.2) is 24.3 Å². The molecular formula is C14H18F4N2O. The summed E-state index contributed by atoms with van der Waals surface area (Å²) >= 11 is 0. The molecule has 1 saturated heterocycles. The molecule has 3 N–H and O–H groups in total. The Balaban J connectivity index is 2.04. The van der Waals surface area contributed by atoms with Crippen molar-refractivity contribution < 1.29 is 22.7 Å². The standard InChI is InChI=1S/C14H18F4N2O/c15-11-3-1-10(2-4-11)7-12(8-19)20-6-5-13(21,9-20)14(16,17)18/h1-4,12,21H,5-9,19H2/t12-,13-/m0/s1. The van der Waals surface area contributed by atoms with Crippen LogP contribution in [0.2, 0.25) is 0 Å². The van der Waals surface area contributed by atoms with Gasteiger partial charge < -0.3 is 10.8 Å². The maximum Gasteiger partial charge on any atom is 0.418 e. The SMILES string of the molecule is NC[C@H](Cc1ccc(F)cc1)N1CC[C@@](O)(C(F)(F)F)C1.